The van der Waals surface area contributed by atoms with Crippen molar-refractivity contribution < 1.29 is 54.6 Å². The molecule has 49 heavy (non-hydrogen) atoms. The van der Waals surface area contributed by atoms with Crippen molar-refractivity contribution in [1.29, 1.82) is 0 Å². The van der Waals surface area contributed by atoms with Gasteiger partial charge >= 0.3 is 12.4 Å². The molecule has 4 heterocycles. The predicted octanol–water partition coefficient (Wildman–Crippen LogP) is 5.60. The number of anilines is 2. The van der Waals surface area contributed by atoms with Crippen molar-refractivity contribution in [2.45, 2.75) is 12.4 Å². The molecule has 0 unspecified atom stereocenters. The lowest BCUT2D eigenvalue weighted by atomic mass is 10.2. The minimum atomic E-state index is -4.74. The Morgan fingerprint density at radius 3 is 1.69 bits per heavy atom. The average molecular weight is 737 g/mol. The summed E-state index contributed by atoms with van der Waals surface area (Å²) in [6.07, 6.45) is -3.62. The van der Waals surface area contributed by atoms with Crippen molar-refractivity contribution in [1.82, 2.24) is 9.80 Å². The van der Waals surface area contributed by atoms with E-state index in [0.29, 0.717) is 17.1 Å². The molecule has 2 aromatic rings. The van der Waals surface area contributed by atoms with Crippen LogP contribution >= 0.6 is 23.2 Å². The number of ether oxygens (including phenoxy) is 1. The molecule has 4 aliphatic rings. The minimum Gasteiger partial charge on any atom is -0.506 e. The molecule has 20 heteroatoms. The summed E-state index contributed by atoms with van der Waals surface area (Å²) in [6.45, 7) is -0.286. The van der Waals surface area contributed by atoms with Crippen molar-refractivity contribution >= 4 is 58.3 Å². The number of allylic oxidation sites excluding steroid dienone is 2. The van der Waals surface area contributed by atoms with Crippen LogP contribution in [0.25, 0.3) is 0 Å². The van der Waals surface area contributed by atoms with Gasteiger partial charge in [0.15, 0.2) is 0 Å². The lowest BCUT2D eigenvalue weighted by Gasteiger charge is -2.35. The molecule has 0 aromatic heterocycles. The minimum absolute atomic E-state index is 0.00967. The van der Waals surface area contributed by atoms with Crippen molar-refractivity contribution in [2.75, 3.05) is 42.6 Å². The first-order valence-electron chi connectivity index (χ1n) is 13.6. The van der Waals surface area contributed by atoms with Crippen LogP contribution in [-0.4, -0.2) is 83.8 Å². The van der Waals surface area contributed by atoms with Crippen LogP contribution in [0.3, 0.4) is 0 Å². The van der Waals surface area contributed by atoms with Gasteiger partial charge in [0, 0.05) is 37.4 Å². The van der Waals surface area contributed by atoms with Crippen molar-refractivity contribution in [3.8, 4) is 23.8 Å². The van der Waals surface area contributed by atoms with Crippen molar-refractivity contribution in [3.05, 3.63) is 69.5 Å². The summed E-state index contributed by atoms with van der Waals surface area (Å²) in [5.41, 5.74) is -3.07. The first-order valence-corrected chi connectivity index (χ1v) is 14.3. The smallest absolute Gasteiger partial charge is 0.431 e. The summed E-state index contributed by atoms with van der Waals surface area (Å²) >= 11 is 11.4. The molecular weight excluding hydrogens is 719 g/mol. The Morgan fingerprint density at radius 1 is 0.796 bits per heavy atom. The fourth-order valence-electron chi connectivity index (χ4n) is 4.97. The van der Waals surface area contributed by atoms with Gasteiger partial charge in [0.05, 0.1) is 34.5 Å². The van der Waals surface area contributed by atoms with Gasteiger partial charge in [-0.15, -0.1) is 6.42 Å². The van der Waals surface area contributed by atoms with Gasteiger partial charge in [0.1, 0.15) is 41.1 Å². The highest BCUT2D eigenvalue weighted by atomic mass is 35.5. The lowest BCUT2D eigenvalue weighted by Crippen LogP contribution is -2.51. The Morgan fingerprint density at radius 2 is 1.24 bits per heavy atom. The van der Waals surface area contributed by atoms with E-state index in [0.717, 1.165) is 39.0 Å². The summed E-state index contributed by atoms with van der Waals surface area (Å²) in [5, 5.41) is 9.20. The quantitative estimate of drug-likeness (QED) is 0.324. The van der Waals surface area contributed by atoms with Gasteiger partial charge in [-0.2, -0.15) is 26.3 Å². The number of hydrogen-bond acceptors (Lipinski definition) is 8. The second-order valence-electron chi connectivity index (χ2n) is 10.1. The molecule has 6 rings (SSSR count). The van der Waals surface area contributed by atoms with E-state index < -0.39 is 58.6 Å². The first kappa shape index (κ1) is 35.3. The summed E-state index contributed by atoms with van der Waals surface area (Å²) in [7, 11) is 0. The molecule has 0 aliphatic carbocycles. The summed E-state index contributed by atoms with van der Waals surface area (Å²) in [6, 6.07) is 3.61. The van der Waals surface area contributed by atoms with Crippen LogP contribution < -0.4 is 14.5 Å². The van der Waals surface area contributed by atoms with Crippen LogP contribution in [0, 0.1) is 24.0 Å². The Labute approximate surface area is 280 Å². The van der Waals surface area contributed by atoms with Crippen LogP contribution in [0.1, 0.15) is 0 Å². The van der Waals surface area contributed by atoms with Gasteiger partial charge < -0.3 is 19.6 Å². The van der Waals surface area contributed by atoms with E-state index in [1.807, 2.05) is 0 Å². The number of fused-ring (bicyclic) bond motifs is 2. The average Bonchev–Trinajstić information content (AvgIpc) is 3.68. The van der Waals surface area contributed by atoms with Crippen LogP contribution in [-0.2, 0) is 9.59 Å². The molecule has 0 radical (unpaired) electrons. The Bertz CT molecular complexity index is 1900. The lowest BCUT2D eigenvalue weighted by molar-refractivity contribution is -0.119. The van der Waals surface area contributed by atoms with Crippen LogP contribution in [0.15, 0.2) is 57.8 Å². The topological polar surface area (TPSA) is 101 Å². The van der Waals surface area contributed by atoms with Gasteiger partial charge in [-0.25, -0.2) is 18.6 Å². The third kappa shape index (κ3) is 6.81. The fourth-order valence-corrected chi connectivity index (χ4v) is 5.32. The van der Waals surface area contributed by atoms with Gasteiger partial charge in [-0.1, -0.05) is 29.1 Å². The SMILES string of the molecule is C#CCOc1cc(N2C(=O)C=C(C(F)(F)F)N3CCN=C32)c(F)cc1Cl.O=C1C=C(C(F)(F)F)N2CCN=C2N1c1cc(O)c(Cl)cc1F. The molecule has 2 aromatic carbocycles. The molecule has 258 valence electrons. The number of guanidine groups is 2. The molecule has 0 atom stereocenters. The third-order valence-electron chi connectivity index (χ3n) is 6.97. The van der Waals surface area contributed by atoms with E-state index in [2.05, 4.69) is 15.9 Å². The summed E-state index contributed by atoms with van der Waals surface area (Å²) < 4.78 is 112. The zero-order chi connectivity index (χ0) is 36.0. The highest BCUT2D eigenvalue weighted by molar-refractivity contribution is 6.33. The Balaban J connectivity index is 0.000000192. The molecule has 0 spiro atoms. The number of aromatic hydroxyl groups is 1. The number of carbonyl (C=O) groups excluding carboxylic acids is 2. The maximum atomic E-state index is 14.4. The van der Waals surface area contributed by atoms with Crippen molar-refractivity contribution in [2.24, 2.45) is 9.98 Å². The number of rotatable bonds is 4. The molecule has 0 bridgehead atoms. The van der Waals surface area contributed by atoms with Gasteiger partial charge in [0.25, 0.3) is 11.8 Å². The predicted molar refractivity (Wildman–Crippen MR) is 160 cm³/mol. The first-order chi connectivity index (χ1) is 22.9. The molecule has 0 saturated heterocycles. The molecule has 2 amide bonds. The van der Waals surface area contributed by atoms with E-state index in [4.69, 9.17) is 34.4 Å². The second kappa shape index (κ2) is 13.1. The number of alkyl halides is 6. The van der Waals surface area contributed by atoms with Gasteiger partial charge in [0.2, 0.25) is 11.9 Å². The number of aliphatic imine (C=N–C) groups is 2. The summed E-state index contributed by atoms with van der Waals surface area (Å²) in [4.78, 5) is 35.2. The monoisotopic (exact) mass is 736 g/mol. The molecular formula is C29H18Cl2F8N6O4. The van der Waals surface area contributed by atoms with E-state index in [-0.39, 0.29) is 66.2 Å². The van der Waals surface area contributed by atoms with Crippen molar-refractivity contribution in [3.63, 3.8) is 0 Å². The highest BCUT2D eigenvalue weighted by Crippen LogP contribution is 2.40. The molecule has 0 fully saturated rings. The van der Waals surface area contributed by atoms with Crippen LogP contribution in [0.4, 0.5) is 46.5 Å². The largest absolute Gasteiger partial charge is 0.506 e. The normalized spacial score (nSPS) is 17.4. The number of hydrogen-bond donors (Lipinski definition) is 1. The molecule has 1 N–H and O–H groups in total. The number of halogens is 10. The molecule has 0 saturated carbocycles. The van der Waals surface area contributed by atoms with E-state index >= 15 is 0 Å². The van der Waals surface area contributed by atoms with E-state index in [1.54, 1.807) is 0 Å². The second-order valence-corrected chi connectivity index (χ2v) is 10.9. The molecule has 4 aliphatic heterocycles. The zero-order valence-corrected chi connectivity index (χ0v) is 25.7. The van der Waals surface area contributed by atoms with Crippen LogP contribution in [0.5, 0.6) is 11.5 Å². The van der Waals surface area contributed by atoms with E-state index in [1.165, 1.54) is 0 Å². The zero-order valence-electron chi connectivity index (χ0n) is 24.2. The Kier molecular flexibility index (Phi) is 9.45. The number of phenols is 1. The van der Waals surface area contributed by atoms with E-state index in [9.17, 15) is 49.8 Å². The number of benzene rings is 2. The number of phenolic OH excluding ortho intramolecular Hbond substituents is 1. The Hall–Kier alpha value is -5.02. The maximum absolute atomic E-state index is 14.4. The molecule has 10 nitrogen and oxygen atoms in total. The van der Waals surface area contributed by atoms with Gasteiger partial charge in [-0.05, 0) is 12.1 Å². The highest BCUT2D eigenvalue weighted by Gasteiger charge is 2.48. The number of terminal acetylenes is 1. The van der Waals surface area contributed by atoms with Crippen LogP contribution in [0.2, 0.25) is 10.0 Å². The third-order valence-corrected chi connectivity index (χ3v) is 7.57. The van der Waals surface area contributed by atoms with Gasteiger partial charge in [-0.3, -0.25) is 19.6 Å². The maximum Gasteiger partial charge on any atom is 0.431 e. The number of amides is 2. The number of carbonyl (C=O) groups is 2. The number of nitrogens with zero attached hydrogens (tertiary/aromatic N) is 6. The standard InChI is InChI=1S/C16H10ClF4N3O2.C13H8ClF4N3O2/c1-2-5-26-12-7-11(10(18)6-9(12)17)24-14(25)8-13(16(19,20)21)23-4-3-22-15(23)24;14-6-3-7(15)8(4-9(6)22)21-11(23)5-10(13(16,17)18)20-2-1-19-12(20)21/h1,6-8H,3-5H2;3-5,22H,1-2H2. The fraction of sp³-hybridized carbons (Fsp3) is 0.241. The summed E-state index contributed by atoms with van der Waals surface area (Å²) in [5.74, 6) is -3.06.